The Bertz CT molecular complexity index is 1080. The first kappa shape index (κ1) is 18.1. The minimum Gasteiger partial charge on any atom is -0.379 e. The lowest BCUT2D eigenvalue weighted by molar-refractivity contribution is 0.0360. The van der Waals surface area contributed by atoms with Gasteiger partial charge in [-0.25, -0.2) is 4.98 Å². The van der Waals surface area contributed by atoms with Crippen LogP contribution in [0.4, 0.5) is 0 Å². The maximum absolute atomic E-state index is 5.41. The summed E-state index contributed by atoms with van der Waals surface area (Å²) >= 11 is 0. The first-order chi connectivity index (χ1) is 14.3. The van der Waals surface area contributed by atoms with Crippen LogP contribution < -0.4 is 0 Å². The Morgan fingerprint density at radius 2 is 1.83 bits per heavy atom. The monoisotopic (exact) mass is 387 g/mol. The van der Waals surface area contributed by atoms with Crippen LogP contribution in [0.25, 0.3) is 22.3 Å². The highest BCUT2D eigenvalue weighted by Gasteiger charge is 2.11. The number of rotatable bonds is 6. The van der Waals surface area contributed by atoms with Crippen LogP contribution in [0.2, 0.25) is 0 Å². The second-order valence-corrected chi connectivity index (χ2v) is 7.50. The molecule has 2 aromatic carbocycles. The Kier molecular flexibility index (Phi) is 5.11. The number of hydrogen-bond donors (Lipinski definition) is 1. The minimum absolute atomic E-state index is 0.807. The van der Waals surface area contributed by atoms with Crippen molar-refractivity contribution in [2.24, 2.45) is 0 Å². The topological polar surface area (TPSA) is 59.0 Å². The van der Waals surface area contributed by atoms with Gasteiger partial charge >= 0.3 is 0 Å². The van der Waals surface area contributed by atoms with E-state index >= 15 is 0 Å². The second kappa shape index (κ2) is 8.19. The summed E-state index contributed by atoms with van der Waals surface area (Å²) in [5.74, 6) is 0.986. The van der Waals surface area contributed by atoms with Crippen LogP contribution in [0.5, 0.6) is 0 Å². The summed E-state index contributed by atoms with van der Waals surface area (Å²) in [4.78, 5) is 10.6. The molecule has 148 valence electrons. The van der Waals surface area contributed by atoms with Crippen molar-refractivity contribution in [3.05, 3.63) is 72.2 Å². The lowest BCUT2D eigenvalue weighted by Gasteiger charge is -2.26. The molecule has 5 rings (SSSR count). The van der Waals surface area contributed by atoms with Crippen LogP contribution in [0, 0.1) is 0 Å². The molecule has 0 saturated carbocycles. The number of nitrogens with zero attached hydrogens (tertiary/aromatic N) is 4. The number of aromatic amines is 1. The molecular formula is C23H25N5O. The van der Waals surface area contributed by atoms with Gasteiger partial charge in [0.1, 0.15) is 5.82 Å². The summed E-state index contributed by atoms with van der Waals surface area (Å²) in [6.07, 6.45) is 2.87. The summed E-state index contributed by atoms with van der Waals surface area (Å²) in [6.45, 7) is 5.59. The molecular weight excluding hydrogens is 362 g/mol. The summed E-state index contributed by atoms with van der Waals surface area (Å²) in [6, 6.07) is 18.8. The zero-order chi connectivity index (χ0) is 19.5. The Balaban J connectivity index is 1.29. The smallest absolute Gasteiger partial charge is 0.111 e. The van der Waals surface area contributed by atoms with Crippen molar-refractivity contribution in [2.45, 2.75) is 13.0 Å². The van der Waals surface area contributed by atoms with Gasteiger partial charge in [-0.15, -0.1) is 0 Å². The number of benzene rings is 2. The molecule has 3 heterocycles. The fraction of sp³-hybridized carbons (Fsp3) is 0.304. The largest absolute Gasteiger partial charge is 0.379 e. The van der Waals surface area contributed by atoms with Crippen molar-refractivity contribution in [1.29, 1.82) is 0 Å². The van der Waals surface area contributed by atoms with Crippen molar-refractivity contribution in [3.63, 3.8) is 0 Å². The first-order valence-electron chi connectivity index (χ1n) is 10.2. The number of aromatic nitrogens is 4. The van der Waals surface area contributed by atoms with Crippen LogP contribution in [-0.2, 0) is 17.7 Å². The van der Waals surface area contributed by atoms with Gasteiger partial charge in [0.2, 0.25) is 0 Å². The average molecular weight is 387 g/mol. The minimum atomic E-state index is 0.807. The molecule has 0 atom stereocenters. The van der Waals surface area contributed by atoms with Crippen LogP contribution in [-0.4, -0.2) is 57.5 Å². The van der Waals surface area contributed by atoms with Gasteiger partial charge in [0, 0.05) is 37.8 Å². The van der Waals surface area contributed by atoms with E-state index in [1.54, 1.807) is 0 Å². The van der Waals surface area contributed by atoms with Gasteiger partial charge in [0.25, 0.3) is 0 Å². The van der Waals surface area contributed by atoms with Crippen molar-refractivity contribution in [2.75, 3.05) is 32.8 Å². The zero-order valence-electron chi connectivity index (χ0n) is 16.4. The summed E-state index contributed by atoms with van der Waals surface area (Å²) in [5, 5.41) is 4.77. The third kappa shape index (κ3) is 4.23. The molecule has 1 aliphatic rings. The molecule has 0 unspecified atom stereocenters. The van der Waals surface area contributed by atoms with Gasteiger partial charge in [-0.05, 0) is 23.8 Å². The standard InChI is InChI=1S/C23H25N5O/c1-2-4-18(5-3-1)16-23-24-21-7-6-19(17-22(21)25-23)20-8-9-28(26-20)11-10-27-12-14-29-15-13-27/h1-9,17H,10-16H2,(H,24,25). The molecule has 1 aliphatic heterocycles. The Labute approximate surface area is 170 Å². The lowest BCUT2D eigenvalue weighted by atomic mass is 10.1. The van der Waals surface area contributed by atoms with Gasteiger partial charge in [-0.1, -0.05) is 36.4 Å². The van der Waals surface area contributed by atoms with Crippen molar-refractivity contribution >= 4 is 11.0 Å². The zero-order valence-corrected chi connectivity index (χ0v) is 16.4. The molecule has 0 bridgehead atoms. The number of nitrogens with one attached hydrogen (secondary N) is 1. The number of H-pyrrole nitrogens is 1. The predicted octanol–water partition coefficient (Wildman–Crippen LogP) is 3.35. The van der Waals surface area contributed by atoms with Crippen molar-refractivity contribution < 1.29 is 4.74 Å². The van der Waals surface area contributed by atoms with E-state index in [9.17, 15) is 0 Å². The first-order valence-corrected chi connectivity index (χ1v) is 10.2. The number of hydrogen-bond acceptors (Lipinski definition) is 4. The molecule has 0 radical (unpaired) electrons. The Morgan fingerprint density at radius 3 is 2.69 bits per heavy atom. The summed E-state index contributed by atoms with van der Waals surface area (Å²) < 4.78 is 7.44. The third-order valence-corrected chi connectivity index (χ3v) is 5.43. The van der Waals surface area contributed by atoms with Crippen LogP contribution in [0.1, 0.15) is 11.4 Å². The Hall–Kier alpha value is -2.96. The lowest BCUT2D eigenvalue weighted by Crippen LogP contribution is -2.38. The van der Waals surface area contributed by atoms with Crippen LogP contribution in [0.3, 0.4) is 0 Å². The van der Waals surface area contributed by atoms with Gasteiger partial charge in [0.05, 0.1) is 36.5 Å². The van der Waals surface area contributed by atoms with E-state index in [4.69, 9.17) is 14.8 Å². The maximum Gasteiger partial charge on any atom is 0.111 e. The molecule has 0 amide bonds. The van der Waals surface area contributed by atoms with Gasteiger partial charge in [0.15, 0.2) is 0 Å². The summed E-state index contributed by atoms with van der Waals surface area (Å²) in [5.41, 5.74) is 5.40. The highest BCUT2D eigenvalue weighted by molar-refractivity contribution is 5.81. The van der Waals surface area contributed by atoms with Crippen LogP contribution >= 0.6 is 0 Å². The number of fused-ring (bicyclic) bond motifs is 1. The molecule has 1 saturated heterocycles. The second-order valence-electron chi connectivity index (χ2n) is 7.50. The van der Waals surface area contributed by atoms with E-state index in [0.717, 1.165) is 73.9 Å². The number of morpholine rings is 1. The van der Waals surface area contributed by atoms with Gasteiger partial charge in [-0.3, -0.25) is 9.58 Å². The molecule has 6 nitrogen and oxygen atoms in total. The molecule has 1 fully saturated rings. The summed E-state index contributed by atoms with van der Waals surface area (Å²) in [7, 11) is 0. The van der Waals surface area contributed by atoms with E-state index in [0.29, 0.717) is 0 Å². The molecule has 6 heteroatoms. The SMILES string of the molecule is c1ccc(Cc2nc3ccc(-c4ccn(CCN5CCOCC5)n4)cc3[nH]2)cc1. The highest BCUT2D eigenvalue weighted by atomic mass is 16.5. The third-order valence-electron chi connectivity index (χ3n) is 5.43. The molecule has 29 heavy (non-hydrogen) atoms. The predicted molar refractivity (Wildman–Crippen MR) is 114 cm³/mol. The quantitative estimate of drug-likeness (QED) is 0.551. The van der Waals surface area contributed by atoms with Gasteiger partial charge < -0.3 is 9.72 Å². The molecule has 2 aromatic heterocycles. The van der Waals surface area contributed by atoms with Gasteiger partial charge in [-0.2, -0.15) is 5.10 Å². The number of ether oxygens (including phenoxy) is 1. The molecule has 0 aliphatic carbocycles. The van der Waals surface area contributed by atoms with E-state index in [1.165, 1.54) is 5.56 Å². The fourth-order valence-corrected chi connectivity index (χ4v) is 3.80. The molecule has 0 spiro atoms. The van der Waals surface area contributed by atoms with E-state index in [2.05, 4.69) is 64.6 Å². The maximum atomic E-state index is 5.41. The molecule has 4 aromatic rings. The highest BCUT2D eigenvalue weighted by Crippen LogP contribution is 2.22. The number of imidazole rings is 1. The van der Waals surface area contributed by atoms with Crippen LogP contribution in [0.15, 0.2) is 60.8 Å². The fourth-order valence-electron chi connectivity index (χ4n) is 3.80. The van der Waals surface area contributed by atoms with E-state index in [-0.39, 0.29) is 0 Å². The van der Waals surface area contributed by atoms with E-state index in [1.807, 2.05) is 10.7 Å². The van der Waals surface area contributed by atoms with Crippen molar-refractivity contribution in [1.82, 2.24) is 24.6 Å². The Morgan fingerprint density at radius 1 is 0.966 bits per heavy atom. The van der Waals surface area contributed by atoms with E-state index < -0.39 is 0 Å². The normalized spacial score (nSPS) is 15.2. The average Bonchev–Trinajstić information content (AvgIpc) is 3.39. The van der Waals surface area contributed by atoms with Crippen molar-refractivity contribution in [3.8, 4) is 11.3 Å². The molecule has 1 N–H and O–H groups in total.